The summed E-state index contributed by atoms with van der Waals surface area (Å²) in [6.45, 7) is 5.12. The summed E-state index contributed by atoms with van der Waals surface area (Å²) < 4.78 is 26.5. The molecule has 3 rings (SSSR count). The standard InChI is InChI=1S/C24H27Cl2N3O5S/c1-4-20(23(31)27-12-15(2)3)28(13-17-18(25)9-7-10-19(17)26)22(30)14-29-24(32)16-8-5-6-11-21(16)35(29,33)34/h5-11,15,20H,4,12-14H2,1-3H3,(H,27,31). The van der Waals surface area contributed by atoms with Crippen LogP contribution in [-0.4, -0.2) is 54.5 Å². The summed E-state index contributed by atoms with van der Waals surface area (Å²) in [4.78, 5) is 40.5. The van der Waals surface area contributed by atoms with Crippen LogP contribution in [0.4, 0.5) is 0 Å². The number of benzene rings is 2. The van der Waals surface area contributed by atoms with Gasteiger partial charge in [0.05, 0.1) is 5.56 Å². The first kappa shape index (κ1) is 27.0. The molecule has 3 amide bonds. The van der Waals surface area contributed by atoms with E-state index in [0.29, 0.717) is 26.5 Å². The molecule has 0 spiro atoms. The Morgan fingerprint density at radius 2 is 1.69 bits per heavy atom. The molecule has 11 heteroatoms. The van der Waals surface area contributed by atoms with E-state index in [1.807, 2.05) is 13.8 Å². The smallest absolute Gasteiger partial charge is 0.269 e. The largest absolute Gasteiger partial charge is 0.354 e. The molecule has 0 radical (unpaired) electrons. The third kappa shape index (κ3) is 5.63. The average molecular weight is 540 g/mol. The molecule has 35 heavy (non-hydrogen) atoms. The molecule has 1 heterocycles. The Balaban J connectivity index is 1.96. The second kappa shape index (κ2) is 11.0. The second-order valence-corrected chi connectivity index (χ2v) is 11.2. The first-order valence-corrected chi connectivity index (χ1v) is 13.3. The van der Waals surface area contributed by atoms with Crippen LogP contribution in [0.15, 0.2) is 47.4 Å². The van der Waals surface area contributed by atoms with Gasteiger partial charge in [0.2, 0.25) is 11.8 Å². The third-order valence-corrected chi connectivity index (χ3v) is 8.15. The van der Waals surface area contributed by atoms with Gasteiger partial charge in [-0.2, -0.15) is 0 Å². The second-order valence-electron chi connectivity index (χ2n) is 8.60. The predicted molar refractivity (Wildman–Crippen MR) is 134 cm³/mol. The van der Waals surface area contributed by atoms with Crippen LogP contribution in [0.3, 0.4) is 0 Å². The van der Waals surface area contributed by atoms with Gasteiger partial charge in [-0.15, -0.1) is 0 Å². The van der Waals surface area contributed by atoms with Crippen LogP contribution in [0.5, 0.6) is 0 Å². The lowest BCUT2D eigenvalue weighted by molar-refractivity contribution is -0.141. The first-order chi connectivity index (χ1) is 16.5. The van der Waals surface area contributed by atoms with Crippen molar-refractivity contribution in [2.75, 3.05) is 13.1 Å². The van der Waals surface area contributed by atoms with E-state index in [0.717, 1.165) is 0 Å². The van der Waals surface area contributed by atoms with Crippen molar-refractivity contribution in [3.05, 3.63) is 63.6 Å². The van der Waals surface area contributed by atoms with Crippen LogP contribution in [0.1, 0.15) is 43.1 Å². The SMILES string of the molecule is CCC(C(=O)NCC(C)C)N(Cc1c(Cl)cccc1Cl)C(=O)CN1C(=O)c2ccccc2S1(=O)=O. The first-order valence-electron chi connectivity index (χ1n) is 11.1. The number of hydrogen-bond acceptors (Lipinski definition) is 5. The number of sulfonamides is 1. The van der Waals surface area contributed by atoms with E-state index in [1.165, 1.54) is 23.1 Å². The van der Waals surface area contributed by atoms with Gasteiger partial charge in [0, 0.05) is 28.7 Å². The van der Waals surface area contributed by atoms with E-state index in [1.54, 1.807) is 31.2 Å². The molecule has 2 aromatic carbocycles. The maximum Gasteiger partial charge on any atom is 0.269 e. The van der Waals surface area contributed by atoms with E-state index in [2.05, 4.69) is 5.32 Å². The van der Waals surface area contributed by atoms with Crippen molar-refractivity contribution in [2.24, 2.45) is 5.92 Å². The molecule has 2 aromatic rings. The number of nitrogens with zero attached hydrogens (tertiary/aromatic N) is 2. The van der Waals surface area contributed by atoms with Crippen molar-refractivity contribution in [1.82, 2.24) is 14.5 Å². The highest BCUT2D eigenvalue weighted by atomic mass is 35.5. The Labute approximate surface area is 215 Å². The topological polar surface area (TPSA) is 104 Å². The molecule has 188 valence electrons. The minimum atomic E-state index is -4.20. The zero-order chi connectivity index (χ0) is 25.9. The summed E-state index contributed by atoms with van der Waals surface area (Å²) in [5.41, 5.74) is 0.418. The third-order valence-electron chi connectivity index (χ3n) is 5.65. The molecular weight excluding hydrogens is 513 g/mol. The van der Waals surface area contributed by atoms with E-state index in [4.69, 9.17) is 23.2 Å². The lowest BCUT2D eigenvalue weighted by Crippen LogP contribution is -2.52. The number of nitrogens with one attached hydrogen (secondary N) is 1. The Morgan fingerprint density at radius 3 is 2.26 bits per heavy atom. The average Bonchev–Trinajstić information content (AvgIpc) is 3.00. The van der Waals surface area contributed by atoms with Crippen molar-refractivity contribution in [3.63, 3.8) is 0 Å². The molecule has 0 fully saturated rings. The summed E-state index contributed by atoms with van der Waals surface area (Å²) >= 11 is 12.6. The van der Waals surface area contributed by atoms with Crippen molar-refractivity contribution >= 4 is 50.9 Å². The maximum atomic E-state index is 13.6. The molecule has 1 unspecified atom stereocenters. The van der Waals surface area contributed by atoms with Crippen molar-refractivity contribution in [3.8, 4) is 0 Å². The quantitative estimate of drug-likeness (QED) is 0.522. The van der Waals surface area contributed by atoms with E-state index in [-0.39, 0.29) is 29.3 Å². The molecule has 8 nitrogen and oxygen atoms in total. The molecule has 1 aliphatic rings. The lowest BCUT2D eigenvalue weighted by Gasteiger charge is -2.32. The van der Waals surface area contributed by atoms with Crippen molar-refractivity contribution < 1.29 is 22.8 Å². The Kier molecular flexibility index (Phi) is 8.46. The van der Waals surface area contributed by atoms with Crippen molar-refractivity contribution in [1.29, 1.82) is 0 Å². The minimum absolute atomic E-state index is 0.00252. The highest BCUT2D eigenvalue weighted by molar-refractivity contribution is 7.90. The predicted octanol–water partition coefficient (Wildman–Crippen LogP) is 3.72. The van der Waals surface area contributed by atoms with Gasteiger partial charge >= 0.3 is 0 Å². The molecule has 0 aliphatic carbocycles. The lowest BCUT2D eigenvalue weighted by atomic mass is 10.1. The van der Waals surface area contributed by atoms with Gasteiger partial charge in [-0.05, 0) is 36.6 Å². The van der Waals surface area contributed by atoms with Gasteiger partial charge in [-0.3, -0.25) is 14.4 Å². The normalized spacial score (nSPS) is 15.1. The maximum absolute atomic E-state index is 13.6. The Bertz CT molecular complexity index is 1230. The van der Waals surface area contributed by atoms with Gasteiger partial charge in [-0.25, -0.2) is 12.7 Å². The Hall–Kier alpha value is -2.62. The fourth-order valence-electron chi connectivity index (χ4n) is 3.80. The summed E-state index contributed by atoms with van der Waals surface area (Å²) in [6, 6.07) is 9.71. The number of carbonyl (C=O) groups excluding carboxylic acids is 3. The Morgan fingerprint density at radius 1 is 1.06 bits per heavy atom. The van der Waals surface area contributed by atoms with E-state index >= 15 is 0 Å². The van der Waals surface area contributed by atoms with E-state index in [9.17, 15) is 22.8 Å². The molecule has 0 aromatic heterocycles. The van der Waals surface area contributed by atoms with E-state index < -0.39 is 40.3 Å². The van der Waals surface area contributed by atoms with Gasteiger partial charge < -0.3 is 10.2 Å². The van der Waals surface area contributed by atoms with Gasteiger partial charge in [-0.1, -0.05) is 62.2 Å². The molecular formula is C24H27Cl2N3O5S. The monoisotopic (exact) mass is 539 g/mol. The summed E-state index contributed by atoms with van der Waals surface area (Å²) in [5.74, 6) is -1.72. The highest BCUT2D eigenvalue weighted by Crippen LogP contribution is 2.31. The number of carbonyl (C=O) groups is 3. The fourth-order valence-corrected chi connectivity index (χ4v) is 5.83. The molecule has 1 N–H and O–H groups in total. The highest BCUT2D eigenvalue weighted by Gasteiger charge is 2.43. The molecule has 0 saturated heterocycles. The van der Waals surface area contributed by atoms with Gasteiger partial charge in [0.15, 0.2) is 0 Å². The molecule has 0 bridgehead atoms. The molecule has 0 saturated carbocycles. The van der Waals surface area contributed by atoms with Crippen molar-refractivity contribution in [2.45, 2.75) is 44.7 Å². The molecule has 1 aliphatic heterocycles. The van der Waals surface area contributed by atoms with Crippen LogP contribution in [0.25, 0.3) is 0 Å². The van der Waals surface area contributed by atoms with Crippen LogP contribution < -0.4 is 5.32 Å². The van der Waals surface area contributed by atoms with Gasteiger partial charge in [0.25, 0.3) is 15.9 Å². The number of hydrogen-bond donors (Lipinski definition) is 1. The number of fused-ring (bicyclic) bond motifs is 1. The van der Waals surface area contributed by atoms with Crippen LogP contribution >= 0.6 is 23.2 Å². The number of rotatable bonds is 9. The van der Waals surface area contributed by atoms with Crippen LogP contribution in [-0.2, 0) is 26.2 Å². The molecule has 1 atom stereocenters. The zero-order valence-electron chi connectivity index (χ0n) is 19.6. The van der Waals surface area contributed by atoms with Crippen LogP contribution in [0, 0.1) is 5.92 Å². The summed E-state index contributed by atoms with van der Waals surface area (Å²) in [7, 11) is -4.20. The van der Waals surface area contributed by atoms with Crippen LogP contribution in [0.2, 0.25) is 10.0 Å². The number of halogens is 2. The zero-order valence-corrected chi connectivity index (χ0v) is 22.0. The summed E-state index contributed by atoms with van der Waals surface area (Å²) in [5, 5.41) is 3.41. The van der Waals surface area contributed by atoms with Gasteiger partial charge in [0.1, 0.15) is 17.5 Å². The summed E-state index contributed by atoms with van der Waals surface area (Å²) in [6.07, 6.45) is 0.249. The fraction of sp³-hybridized carbons (Fsp3) is 0.375. The minimum Gasteiger partial charge on any atom is -0.354 e. The number of amides is 3.